The van der Waals surface area contributed by atoms with Gasteiger partial charge in [0.1, 0.15) is 0 Å². The predicted molar refractivity (Wildman–Crippen MR) is 64.5 cm³/mol. The van der Waals surface area contributed by atoms with Crippen molar-refractivity contribution in [3.63, 3.8) is 0 Å². The maximum absolute atomic E-state index is 5.60. The molecule has 1 aromatic carbocycles. The van der Waals surface area contributed by atoms with Crippen molar-refractivity contribution >= 4 is 5.57 Å². The summed E-state index contributed by atoms with van der Waals surface area (Å²) in [5.74, 6) is 0.862. The second-order valence-electron chi connectivity index (χ2n) is 3.80. The molecule has 1 aromatic rings. The average Bonchev–Trinajstić information content (AvgIpc) is 2.39. The molecule has 93 valence electrons. The van der Waals surface area contributed by atoms with Crippen molar-refractivity contribution in [2.24, 2.45) is 0 Å². The SMILES string of the molecule is COc1ccccc1C1=CC=CC[C]1([Pd])OC. The van der Waals surface area contributed by atoms with Gasteiger partial charge >= 0.3 is 113 Å². The Morgan fingerprint density at radius 2 is 2.00 bits per heavy atom. The number of methoxy groups -OCH3 is 2. The van der Waals surface area contributed by atoms with Crippen LogP contribution >= 0.6 is 0 Å². The van der Waals surface area contributed by atoms with Crippen LogP contribution in [0.5, 0.6) is 5.75 Å². The molecule has 3 heteroatoms. The molecule has 17 heavy (non-hydrogen) atoms. The molecule has 0 bridgehead atoms. The molecule has 0 amide bonds. The predicted octanol–water partition coefficient (Wildman–Crippen LogP) is 2.93. The van der Waals surface area contributed by atoms with Gasteiger partial charge in [0.25, 0.3) is 0 Å². The fourth-order valence-corrected chi connectivity index (χ4v) is 2.47. The molecule has 2 rings (SSSR count). The van der Waals surface area contributed by atoms with Gasteiger partial charge in [0.05, 0.1) is 0 Å². The van der Waals surface area contributed by atoms with Crippen molar-refractivity contribution in [3.05, 3.63) is 48.1 Å². The molecule has 0 N–H and O–H groups in total. The van der Waals surface area contributed by atoms with E-state index in [1.807, 2.05) is 30.3 Å². The monoisotopic (exact) mass is 321 g/mol. The first kappa shape index (κ1) is 12.6. The Kier molecular flexibility index (Phi) is 3.83. The average molecular weight is 322 g/mol. The van der Waals surface area contributed by atoms with Gasteiger partial charge in [0.15, 0.2) is 0 Å². The van der Waals surface area contributed by atoms with Gasteiger partial charge in [-0.05, 0) is 0 Å². The topological polar surface area (TPSA) is 18.5 Å². The van der Waals surface area contributed by atoms with Crippen molar-refractivity contribution in [2.45, 2.75) is 10.5 Å². The minimum atomic E-state index is -0.424. The van der Waals surface area contributed by atoms with Crippen LogP contribution in [0.4, 0.5) is 0 Å². The molecule has 1 atom stereocenters. The van der Waals surface area contributed by atoms with Crippen molar-refractivity contribution < 1.29 is 28.7 Å². The maximum atomic E-state index is 5.60. The quantitative estimate of drug-likeness (QED) is 0.797. The number of allylic oxidation sites excluding steroid dienone is 2. The van der Waals surface area contributed by atoms with Crippen LogP contribution in [0.2, 0.25) is 0 Å². The Morgan fingerprint density at radius 3 is 2.71 bits per heavy atom. The van der Waals surface area contributed by atoms with Crippen LogP contribution in [0.15, 0.2) is 42.5 Å². The van der Waals surface area contributed by atoms with E-state index in [1.54, 1.807) is 14.2 Å². The van der Waals surface area contributed by atoms with Crippen molar-refractivity contribution in [2.75, 3.05) is 14.2 Å². The zero-order valence-corrected chi connectivity index (χ0v) is 11.4. The van der Waals surface area contributed by atoms with Gasteiger partial charge in [-0.25, -0.2) is 0 Å². The molecule has 1 unspecified atom stereocenters. The van der Waals surface area contributed by atoms with Crippen LogP contribution in [-0.2, 0) is 23.9 Å². The summed E-state index contributed by atoms with van der Waals surface area (Å²) in [5.41, 5.74) is 2.16. The third-order valence-electron chi connectivity index (χ3n) is 2.86. The third kappa shape index (κ3) is 2.37. The zero-order valence-electron chi connectivity index (χ0n) is 9.88. The molecular weight excluding hydrogens is 307 g/mol. The first-order chi connectivity index (χ1) is 8.21. The van der Waals surface area contributed by atoms with E-state index in [4.69, 9.17) is 9.47 Å². The van der Waals surface area contributed by atoms with Crippen LogP contribution in [0.3, 0.4) is 0 Å². The second-order valence-corrected chi connectivity index (χ2v) is 5.05. The number of para-hydroxylation sites is 1. The van der Waals surface area contributed by atoms with Crippen molar-refractivity contribution in [1.29, 1.82) is 0 Å². The first-order valence-electron chi connectivity index (χ1n) is 5.43. The van der Waals surface area contributed by atoms with Crippen molar-refractivity contribution in [1.82, 2.24) is 0 Å². The Balaban J connectivity index is 2.51. The fraction of sp³-hybridized carbons (Fsp3) is 0.286. The normalized spacial score (nSPS) is 23.4. The molecule has 2 nitrogen and oxygen atoms in total. The summed E-state index contributed by atoms with van der Waals surface area (Å²) in [5, 5.41) is 0. The number of rotatable bonds is 3. The van der Waals surface area contributed by atoms with Gasteiger partial charge in [0.2, 0.25) is 0 Å². The first-order valence-corrected chi connectivity index (χ1v) is 6.20. The Labute approximate surface area is 113 Å². The van der Waals surface area contributed by atoms with Gasteiger partial charge in [-0.3, -0.25) is 0 Å². The van der Waals surface area contributed by atoms with E-state index in [1.165, 1.54) is 0 Å². The molecule has 0 heterocycles. The molecule has 1 aliphatic rings. The van der Waals surface area contributed by atoms with Crippen LogP contribution < -0.4 is 4.74 Å². The van der Waals surface area contributed by atoms with Gasteiger partial charge in [-0.1, -0.05) is 0 Å². The number of hydrogen-bond acceptors (Lipinski definition) is 2. The van der Waals surface area contributed by atoms with Crippen molar-refractivity contribution in [3.8, 4) is 5.75 Å². The summed E-state index contributed by atoms with van der Waals surface area (Å²) < 4.78 is 10.6. The van der Waals surface area contributed by atoms with E-state index >= 15 is 0 Å². The molecule has 0 aromatic heterocycles. The molecule has 0 aliphatic heterocycles. The van der Waals surface area contributed by atoms with Gasteiger partial charge in [-0.2, -0.15) is 0 Å². The fourth-order valence-electron chi connectivity index (χ4n) is 1.95. The summed E-state index contributed by atoms with van der Waals surface area (Å²) in [6.45, 7) is 0. The zero-order chi connectivity index (χ0) is 12.3. The Bertz CT molecular complexity index is 465. The van der Waals surface area contributed by atoms with E-state index in [9.17, 15) is 0 Å². The van der Waals surface area contributed by atoms with Crippen LogP contribution in [0.25, 0.3) is 5.57 Å². The standard InChI is InChI=1S/C14H15O2.Pd/c1-15-13-9-5-3-7-11(13)12-8-4-6-10-14(12)16-2;/h3-9H,10H2,1-2H3;. The van der Waals surface area contributed by atoms with E-state index in [0.717, 1.165) is 23.3 Å². The van der Waals surface area contributed by atoms with Gasteiger partial charge in [0, 0.05) is 0 Å². The summed E-state index contributed by atoms with van der Waals surface area (Å²) >= 11 is 3.35. The second kappa shape index (κ2) is 5.18. The Morgan fingerprint density at radius 1 is 1.24 bits per heavy atom. The van der Waals surface area contributed by atoms with E-state index < -0.39 is 4.07 Å². The van der Waals surface area contributed by atoms with Gasteiger partial charge in [-0.15, -0.1) is 0 Å². The molecule has 1 aliphatic carbocycles. The summed E-state index contributed by atoms with van der Waals surface area (Å²) in [6, 6.07) is 7.98. The Hall–Kier alpha value is -0.878. The van der Waals surface area contributed by atoms with E-state index in [-0.39, 0.29) is 0 Å². The summed E-state index contributed by atoms with van der Waals surface area (Å²) in [4.78, 5) is 0. The van der Waals surface area contributed by atoms with Crippen LogP contribution in [-0.4, -0.2) is 18.3 Å². The summed E-state index contributed by atoms with van der Waals surface area (Å²) in [7, 11) is 3.40. The number of benzene rings is 1. The molecular formula is C14H15O2Pd. The number of ether oxygens (including phenoxy) is 2. The van der Waals surface area contributed by atoms with E-state index in [0.29, 0.717) is 0 Å². The van der Waals surface area contributed by atoms with Crippen LogP contribution in [0.1, 0.15) is 12.0 Å². The van der Waals surface area contributed by atoms with E-state index in [2.05, 4.69) is 31.4 Å². The molecule has 0 saturated carbocycles. The van der Waals surface area contributed by atoms with Crippen LogP contribution in [0, 0.1) is 0 Å². The molecule has 0 fully saturated rings. The summed E-state index contributed by atoms with van der Waals surface area (Å²) in [6.07, 6.45) is 7.02. The van der Waals surface area contributed by atoms with Gasteiger partial charge < -0.3 is 0 Å². The molecule has 0 radical (unpaired) electrons. The minimum absolute atomic E-state index is 0.424. The molecule has 0 spiro atoms. The molecule has 0 saturated heterocycles. The number of hydrogen-bond donors (Lipinski definition) is 0. The third-order valence-corrected chi connectivity index (χ3v) is 3.91.